The van der Waals surface area contributed by atoms with Crippen molar-refractivity contribution in [1.29, 1.82) is 0 Å². The van der Waals surface area contributed by atoms with Gasteiger partial charge in [-0.15, -0.1) is 0 Å². The third kappa shape index (κ3) is 8.06. The third-order valence-electron chi connectivity index (χ3n) is 5.00. The number of nitrogens with two attached hydrogens (primary N) is 3. The molecule has 0 aliphatic rings. The largest absolute Gasteiger partial charge is 0.490 e. The molecule has 1 aromatic carbocycles. The number of rotatable bonds is 9. The molecule has 0 radical (unpaired) electrons. The van der Waals surface area contributed by atoms with E-state index in [1.165, 1.54) is 18.2 Å². The molecule has 0 aliphatic carbocycles. The Bertz CT molecular complexity index is 1580. The SMILES string of the molecule is Cc1ccc(NS(=O)(=O)c2cccc3ncccc23)c(=O)n1C(CCON=C(N)N)C(N)=O.O=C(O)C(F)(F)F. The van der Waals surface area contributed by atoms with Crippen molar-refractivity contribution >= 4 is 44.4 Å². The van der Waals surface area contributed by atoms with Crippen LogP contribution in [0.1, 0.15) is 18.2 Å². The van der Waals surface area contributed by atoms with Gasteiger partial charge in [0.2, 0.25) is 11.9 Å². The van der Waals surface area contributed by atoms with Gasteiger partial charge in [0.05, 0.1) is 10.4 Å². The quantitative estimate of drug-likeness (QED) is 0.102. The van der Waals surface area contributed by atoms with Crippen LogP contribution in [0.3, 0.4) is 0 Å². The average molecular weight is 588 g/mol. The first-order chi connectivity index (χ1) is 18.6. The van der Waals surface area contributed by atoms with Crippen LogP contribution >= 0.6 is 0 Å². The molecule has 1 atom stereocenters. The number of fused-ring (bicyclic) bond motifs is 1. The van der Waals surface area contributed by atoms with E-state index in [9.17, 15) is 31.2 Å². The lowest BCUT2D eigenvalue weighted by Gasteiger charge is -2.20. The van der Waals surface area contributed by atoms with E-state index in [-0.39, 0.29) is 29.6 Å². The van der Waals surface area contributed by atoms with Crippen LogP contribution in [0, 0.1) is 6.92 Å². The molecule has 2 heterocycles. The van der Waals surface area contributed by atoms with Crippen LogP contribution in [0.5, 0.6) is 0 Å². The maximum absolute atomic E-state index is 13.2. The van der Waals surface area contributed by atoms with Gasteiger partial charge in [0.15, 0.2) is 0 Å². The number of carboxylic acids is 1. The molecule has 8 N–H and O–H groups in total. The number of aromatic nitrogens is 2. The summed E-state index contributed by atoms with van der Waals surface area (Å²) in [5.74, 6) is -3.87. The number of aryl methyl sites for hydroxylation is 1. The van der Waals surface area contributed by atoms with E-state index in [2.05, 4.69) is 14.9 Å². The Morgan fingerprint density at radius 3 is 2.38 bits per heavy atom. The van der Waals surface area contributed by atoms with E-state index in [4.69, 9.17) is 31.9 Å². The van der Waals surface area contributed by atoms with E-state index in [1.54, 1.807) is 37.4 Å². The molecule has 40 heavy (non-hydrogen) atoms. The first-order valence-corrected chi connectivity index (χ1v) is 12.4. The molecule has 3 rings (SSSR count). The van der Waals surface area contributed by atoms with Crippen LogP contribution in [0.15, 0.2) is 63.5 Å². The highest BCUT2D eigenvalue weighted by molar-refractivity contribution is 7.93. The van der Waals surface area contributed by atoms with Crippen molar-refractivity contribution in [3.05, 3.63) is 64.7 Å². The zero-order valence-corrected chi connectivity index (χ0v) is 21.4. The minimum Gasteiger partial charge on any atom is -0.475 e. The van der Waals surface area contributed by atoms with Crippen molar-refractivity contribution in [3.8, 4) is 0 Å². The number of carboxylic acid groups (broad SMARTS) is 1. The molecular formula is C22H24F3N7O7S. The average Bonchev–Trinajstić information content (AvgIpc) is 2.86. The molecule has 0 bridgehead atoms. The molecule has 0 fully saturated rings. The van der Waals surface area contributed by atoms with Crippen molar-refractivity contribution in [2.45, 2.75) is 30.5 Å². The first kappa shape index (κ1) is 31.3. The molecule has 1 unspecified atom stereocenters. The summed E-state index contributed by atoms with van der Waals surface area (Å²) in [7, 11) is -4.16. The van der Waals surface area contributed by atoms with Crippen LogP contribution in [0.4, 0.5) is 18.9 Å². The van der Waals surface area contributed by atoms with Gasteiger partial charge in [-0.3, -0.25) is 23.9 Å². The summed E-state index contributed by atoms with van der Waals surface area (Å²) in [6.45, 7) is 1.47. The van der Waals surface area contributed by atoms with Gasteiger partial charge < -0.3 is 27.1 Å². The number of nitrogens with one attached hydrogen (secondary N) is 1. The van der Waals surface area contributed by atoms with Gasteiger partial charge in [-0.25, -0.2) is 13.2 Å². The molecule has 0 aliphatic heterocycles. The Hall–Kier alpha value is -4.87. The molecule has 1 amide bonds. The molecule has 0 saturated carbocycles. The predicted octanol–water partition coefficient (Wildman–Crippen LogP) is 0.761. The molecule has 18 heteroatoms. The number of anilines is 1. The number of primary amides is 1. The molecular weight excluding hydrogens is 563 g/mol. The van der Waals surface area contributed by atoms with E-state index in [1.807, 2.05) is 0 Å². The number of aliphatic carboxylic acids is 1. The number of benzene rings is 1. The Labute approximate surface area is 224 Å². The van der Waals surface area contributed by atoms with Crippen LogP contribution in [0.25, 0.3) is 10.9 Å². The Kier molecular flexibility index (Phi) is 10.0. The van der Waals surface area contributed by atoms with Gasteiger partial charge in [-0.2, -0.15) is 13.2 Å². The zero-order chi connectivity index (χ0) is 30.3. The van der Waals surface area contributed by atoms with Crippen LogP contribution in [-0.4, -0.2) is 53.7 Å². The normalized spacial score (nSPS) is 12.0. The number of nitrogens with zero attached hydrogens (tertiary/aromatic N) is 3. The summed E-state index contributed by atoms with van der Waals surface area (Å²) < 4.78 is 61.4. The second-order valence-corrected chi connectivity index (χ2v) is 9.51. The highest BCUT2D eigenvalue weighted by atomic mass is 32.2. The Balaban J connectivity index is 0.000000708. The highest BCUT2D eigenvalue weighted by Gasteiger charge is 2.38. The summed E-state index contributed by atoms with van der Waals surface area (Å²) in [6, 6.07) is 9.56. The van der Waals surface area contributed by atoms with Crippen molar-refractivity contribution in [2.24, 2.45) is 22.4 Å². The molecule has 14 nitrogen and oxygen atoms in total. The fourth-order valence-electron chi connectivity index (χ4n) is 3.30. The molecule has 3 aromatic rings. The van der Waals surface area contributed by atoms with Gasteiger partial charge in [0.25, 0.3) is 15.6 Å². The molecule has 0 spiro atoms. The van der Waals surface area contributed by atoms with Crippen molar-refractivity contribution in [3.63, 3.8) is 0 Å². The summed E-state index contributed by atoms with van der Waals surface area (Å²) in [6.07, 6.45) is -3.57. The zero-order valence-electron chi connectivity index (χ0n) is 20.6. The van der Waals surface area contributed by atoms with Gasteiger partial charge >= 0.3 is 12.1 Å². The van der Waals surface area contributed by atoms with Crippen LogP contribution < -0.4 is 27.5 Å². The highest BCUT2D eigenvalue weighted by Crippen LogP contribution is 2.23. The number of carbonyl (C=O) groups is 2. The second-order valence-electron chi connectivity index (χ2n) is 7.85. The summed E-state index contributed by atoms with van der Waals surface area (Å²) in [5.41, 5.74) is 15.7. The summed E-state index contributed by atoms with van der Waals surface area (Å²) in [4.78, 5) is 43.1. The van der Waals surface area contributed by atoms with Crippen molar-refractivity contribution < 1.29 is 41.1 Å². The number of halogens is 3. The standard InChI is InChI=1S/C20H23N7O5S.C2HF3O2/c1-12-7-8-15(19(29)27(12)16(18(21)28)9-11-32-25-20(22)23)26-33(30,31)17-6-2-5-14-13(17)4-3-10-24-14;3-2(4,5)1(6)7/h2-8,10,16,26H,9,11H2,1H3,(H2,21,28)(H4,22,23,25);(H,6,7). The topological polar surface area (TPSA) is 235 Å². The number of oxime groups is 1. The van der Waals surface area contributed by atoms with Crippen LogP contribution in [0.2, 0.25) is 0 Å². The van der Waals surface area contributed by atoms with Crippen LogP contribution in [-0.2, 0) is 24.4 Å². The first-order valence-electron chi connectivity index (χ1n) is 10.9. The smallest absolute Gasteiger partial charge is 0.475 e. The van der Waals surface area contributed by atoms with E-state index in [0.717, 1.165) is 4.57 Å². The minimum atomic E-state index is -5.08. The van der Waals surface area contributed by atoms with Gasteiger partial charge in [0.1, 0.15) is 18.3 Å². The number of pyridine rings is 2. The predicted molar refractivity (Wildman–Crippen MR) is 136 cm³/mol. The monoisotopic (exact) mass is 587 g/mol. The lowest BCUT2D eigenvalue weighted by atomic mass is 10.1. The van der Waals surface area contributed by atoms with Crippen molar-refractivity contribution in [2.75, 3.05) is 11.3 Å². The van der Waals surface area contributed by atoms with E-state index >= 15 is 0 Å². The van der Waals surface area contributed by atoms with E-state index in [0.29, 0.717) is 16.6 Å². The third-order valence-corrected chi connectivity index (χ3v) is 6.42. The number of alkyl halides is 3. The Morgan fingerprint density at radius 2 is 1.80 bits per heavy atom. The van der Waals surface area contributed by atoms with Gasteiger partial charge in [-0.05, 0) is 48.5 Å². The maximum Gasteiger partial charge on any atom is 0.490 e. The number of hydrogen-bond donors (Lipinski definition) is 5. The minimum absolute atomic E-state index is 0.0297. The molecule has 216 valence electrons. The number of hydrogen-bond acceptors (Lipinski definition) is 8. The van der Waals surface area contributed by atoms with Crippen molar-refractivity contribution in [1.82, 2.24) is 9.55 Å². The summed E-state index contributed by atoms with van der Waals surface area (Å²) in [5, 5.41) is 10.9. The number of sulfonamides is 1. The molecule has 2 aromatic heterocycles. The van der Waals surface area contributed by atoms with E-state index < -0.39 is 39.7 Å². The summed E-state index contributed by atoms with van der Waals surface area (Å²) >= 11 is 0. The number of guanidine groups is 1. The van der Waals surface area contributed by atoms with Gasteiger partial charge in [0, 0.05) is 23.7 Å². The molecule has 0 saturated heterocycles. The second kappa shape index (κ2) is 12.8. The Morgan fingerprint density at radius 1 is 1.15 bits per heavy atom. The van der Waals surface area contributed by atoms with Gasteiger partial charge in [-0.1, -0.05) is 6.07 Å². The fraction of sp³-hybridized carbons (Fsp3) is 0.227. The lowest BCUT2D eigenvalue weighted by Crippen LogP contribution is -2.37. The fourth-order valence-corrected chi connectivity index (χ4v) is 4.58. The maximum atomic E-state index is 13.2. The lowest BCUT2D eigenvalue weighted by molar-refractivity contribution is -0.192. The number of amides is 1. The number of carbonyl (C=O) groups excluding carboxylic acids is 1.